The maximum absolute atomic E-state index is 12.5. The Morgan fingerprint density at radius 3 is 2.73 bits per heavy atom. The number of aromatic nitrogens is 2. The number of hydrogen-bond acceptors (Lipinski definition) is 5. The highest BCUT2D eigenvalue weighted by Crippen LogP contribution is 2.26. The van der Waals surface area contributed by atoms with E-state index in [1.165, 1.54) is 0 Å². The number of nitrogens with zero attached hydrogens (tertiary/aromatic N) is 4. The molecule has 7 heteroatoms. The lowest BCUT2D eigenvalue weighted by Gasteiger charge is -2.39. The summed E-state index contributed by atoms with van der Waals surface area (Å²) in [5.41, 5.74) is 0.254. The number of morpholine rings is 1. The van der Waals surface area contributed by atoms with Crippen molar-refractivity contribution >= 4 is 16.8 Å². The lowest BCUT2D eigenvalue weighted by atomic mass is 9.91. The average Bonchev–Trinajstić information content (AvgIpc) is 3.06. The molecule has 4 rings (SSSR count). The Kier molecular flexibility index (Phi) is 4.93. The molecule has 0 saturated carbocycles. The van der Waals surface area contributed by atoms with Crippen LogP contribution in [0.1, 0.15) is 12.8 Å². The topological polar surface area (TPSA) is 70.8 Å². The van der Waals surface area contributed by atoms with E-state index in [1.807, 2.05) is 29.4 Å². The number of fused-ring (bicyclic) bond motifs is 1. The molecule has 1 N–H and O–H groups in total. The molecule has 1 amide bonds. The number of likely N-dealkylation sites (tertiary alicyclic amines) is 1. The minimum atomic E-state index is -0.780. The van der Waals surface area contributed by atoms with Crippen molar-refractivity contribution in [3.05, 3.63) is 30.7 Å². The lowest BCUT2D eigenvalue weighted by Crippen LogP contribution is -2.51. The van der Waals surface area contributed by atoms with E-state index in [0.29, 0.717) is 52.2 Å². The Morgan fingerprint density at radius 1 is 1.19 bits per heavy atom. The van der Waals surface area contributed by atoms with Crippen LogP contribution >= 0.6 is 0 Å². The standard InChI is InChI=1S/C19H26N4O3/c24-18(14-21-9-11-26-12-10-21)22-7-3-19(25,4-8-22)15-23-6-2-16-1-5-20-13-17(16)23/h1-2,5-6,13,25H,3-4,7-12,14-15H2. The van der Waals surface area contributed by atoms with Crippen molar-refractivity contribution in [3.63, 3.8) is 0 Å². The Bertz CT molecular complexity index is 761. The van der Waals surface area contributed by atoms with Crippen molar-refractivity contribution in [1.29, 1.82) is 0 Å². The third kappa shape index (κ3) is 3.75. The number of pyridine rings is 1. The zero-order valence-corrected chi connectivity index (χ0v) is 15.0. The summed E-state index contributed by atoms with van der Waals surface area (Å²) in [5, 5.41) is 12.1. The zero-order valence-electron chi connectivity index (χ0n) is 15.0. The maximum Gasteiger partial charge on any atom is 0.236 e. The molecule has 2 aliphatic rings. The molecule has 2 saturated heterocycles. The summed E-state index contributed by atoms with van der Waals surface area (Å²) >= 11 is 0. The predicted octanol–water partition coefficient (Wildman–Crippen LogP) is 0.722. The van der Waals surface area contributed by atoms with E-state index in [-0.39, 0.29) is 5.91 Å². The van der Waals surface area contributed by atoms with Gasteiger partial charge in [-0.3, -0.25) is 14.7 Å². The minimum Gasteiger partial charge on any atom is -0.388 e. The molecular weight excluding hydrogens is 332 g/mol. The van der Waals surface area contributed by atoms with Crippen LogP contribution in [0.15, 0.2) is 30.7 Å². The van der Waals surface area contributed by atoms with Crippen LogP contribution in [-0.2, 0) is 16.1 Å². The van der Waals surface area contributed by atoms with E-state index in [0.717, 1.165) is 24.0 Å². The van der Waals surface area contributed by atoms with Gasteiger partial charge in [0, 0.05) is 44.0 Å². The van der Waals surface area contributed by atoms with Crippen molar-refractivity contribution in [2.24, 2.45) is 0 Å². The highest BCUT2D eigenvalue weighted by atomic mass is 16.5. The molecule has 2 aliphatic heterocycles. The number of carbonyl (C=O) groups excluding carboxylic acids is 1. The smallest absolute Gasteiger partial charge is 0.236 e. The summed E-state index contributed by atoms with van der Waals surface area (Å²) in [4.78, 5) is 20.7. The molecule has 0 spiro atoms. The van der Waals surface area contributed by atoms with Crippen LogP contribution in [-0.4, -0.2) is 81.9 Å². The van der Waals surface area contributed by atoms with Gasteiger partial charge in [0.15, 0.2) is 0 Å². The predicted molar refractivity (Wildman–Crippen MR) is 97.8 cm³/mol. The van der Waals surface area contributed by atoms with Crippen molar-refractivity contribution in [2.75, 3.05) is 45.9 Å². The molecule has 2 fully saturated rings. The van der Waals surface area contributed by atoms with E-state index in [1.54, 1.807) is 6.20 Å². The highest BCUT2D eigenvalue weighted by molar-refractivity contribution is 5.79. The lowest BCUT2D eigenvalue weighted by molar-refractivity contribution is -0.138. The molecule has 7 nitrogen and oxygen atoms in total. The van der Waals surface area contributed by atoms with Crippen LogP contribution in [0, 0.1) is 0 Å². The fourth-order valence-corrected chi connectivity index (χ4v) is 3.86. The van der Waals surface area contributed by atoms with Gasteiger partial charge in [-0.1, -0.05) is 0 Å². The molecule has 2 aromatic rings. The summed E-state index contributed by atoms with van der Waals surface area (Å²) in [7, 11) is 0. The van der Waals surface area contributed by atoms with Crippen LogP contribution in [0.3, 0.4) is 0 Å². The highest BCUT2D eigenvalue weighted by Gasteiger charge is 2.34. The molecule has 0 unspecified atom stereocenters. The number of hydrogen-bond donors (Lipinski definition) is 1. The molecule has 26 heavy (non-hydrogen) atoms. The van der Waals surface area contributed by atoms with Crippen LogP contribution < -0.4 is 0 Å². The SMILES string of the molecule is O=C(CN1CCOCC1)N1CCC(O)(Cn2ccc3ccncc32)CC1. The molecule has 0 atom stereocenters. The van der Waals surface area contributed by atoms with Gasteiger partial charge < -0.3 is 19.3 Å². The summed E-state index contributed by atoms with van der Waals surface area (Å²) in [6.07, 6.45) is 6.81. The molecular formula is C19H26N4O3. The monoisotopic (exact) mass is 358 g/mol. The minimum absolute atomic E-state index is 0.157. The Labute approximate surface area is 153 Å². The van der Waals surface area contributed by atoms with E-state index in [4.69, 9.17) is 4.74 Å². The van der Waals surface area contributed by atoms with E-state index < -0.39 is 5.60 Å². The van der Waals surface area contributed by atoms with E-state index in [2.05, 4.69) is 14.5 Å². The van der Waals surface area contributed by atoms with E-state index in [9.17, 15) is 9.90 Å². The largest absolute Gasteiger partial charge is 0.388 e. The maximum atomic E-state index is 12.5. The fourth-order valence-electron chi connectivity index (χ4n) is 3.86. The number of amides is 1. The van der Waals surface area contributed by atoms with Gasteiger partial charge in [0.1, 0.15) is 0 Å². The summed E-state index contributed by atoms with van der Waals surface area (Å²) < 4.78 is 7.39. The van der Waals surface area contributed by atoms with Gasteiger partial charge in [-0.2, -0.15) is 0 Å². The van der Waals surface area contributed by atoms with Crippen LogP contribution in [0.5, 0.6) is 0 Å². The van der Waals surface area contributed by atoms with Gasteiger partial charge in [-0.05, 0) is 25.0 Å². The van der Waals surface area contributed by atoms with Gasteiger partial charge in [0.2, 0.25) is 5.91 Å². The van der Waals surface area contributed by atoms with Crippen molar-refractivity contribution in [3.8, 4) is 0 Å². The number of piperidine rings is 1. The normalized spacial score (nSPS) is 21.2. The van der Waals surface area contributed by atoms with Gasteiger partial charge in [-0.25, -0.2) is 0 Å². The molecule has 0 aromatic carbocycles. The Balaban J connectivity index is 1.34. The van der Waals surface area contributed by atoms with Crippen molar-refractivity contribution in [2.45, 2.75) is 25.0 Å². The van der Waals surface area contributed by atoms with Crippen molar-refractivity contribution < 1.29 is 14.6 Å². The van der Waals surface area contributed by atoms with Gasteiger partial charge >= 0.3 is 0 Å². The molecule has 2 aromatic heterocycles. The van der Waals surface area contributed by atoms with Crippen LogP contribution in [0.4, 0.5) is 0 Å². The quantitative estimate of drug-likeness (QED) is 0.872. The molecule has 0 radical (unpaired) electrons. The molecule has 0 bridgehead atoms. The number of rotatable bonds is 4. The number of aliphatic hydroxyl groups is 1. The van der Waals surface area contributed by atoms with Gasteiger partial charge in [0.05, 0.1) is 43.6 Å². The van der Waals surface area contributed by atoms with Crippen LogP contribution in [0.25, 0.3) is 10.9 Å². The molecule has 140 valence electrons. The third-order valence-electron chi connectivity index (χ3n) is 5.55. The first-order valence-corrected chi connectivity index (χ1v) is 9.32. The number of carbonyl (C=O) groups is 1. The number of ether oxygens (including phenoxy) is 1. The third-order valence-corrected chi connectivity index (χ3v) is 5.55. The van der Waals surface area contributed by atoms with Gasteiger partial charge in [0.25, 0.3) is 0 Å². The van der Waals surface area contributed by atoms with E-state index >= 15 is 0 Å². The Hall–Kier alpha value is -1.96. The average molecular weight is 358 g/mol. The second-order valence-electron chi connectivity index (χ2n) is 7.37. The zero-order chi connectivity index (χ0) is 18.0. The first-order valence-electron chi connectivity index (χ1n) is 9.32. The first kappa shape index (κ1) is 17.5. The first-order chi connectivity index (χ1) is 12.6. The second-order valence-corrected chi connectivity index (χ2v) is 7.37. The Morgan fingerprint density at radius 2 is 1.96 bits per heavy atom. The molecule has 0 aliphatic carbocycles. The van der Waals surface area contributed by atoms with Crippen molar-refractivity contribution in [1.82, 2.24) is 19.4 Å². The summed E-state index contributed by atoms with van der Waals surface area (Å²) in [6.45, 7) is 5.24. The summed E-state index contributed by atoms with van der Waals surface area (Å²) in [6, 6.07) is 4.02. The van der Waals surface area contributed by atoms with Gasteiger partial charge in [-0.15, -0.1) is 0 Å². The van der Waals surface area contributed by atoms with Crippen LogP contribution in [0.2, 0.25) is 0 Å². The second kappa shape index (κ2) is 7.34. The molecule has 4 heterocycles. The fraction of sp³-hybridized carbons (Fsp3) is 0.579. The summed E-state index contributed by atoms with van der Waals surface area (Å²) in [5.74, 6) is 0.157.